The summed E-state index contributed by atoms with van der Waals surface area (Å²) in [5.74, 6) is -0.0994. The third-order valence-corrected chi connectivity index (χ3v) is 5.60. The molecule has 0 bridgehead atoms. The quantitative estimate of drug-likeness (QED) is 0.690. The van der Waals surface area contributed by atoms with Gasteiger partial charge in [0, 0.05) is 18.7 Å². The van der Waals surface area contributed by atoms with Crippen molar-refractivity contribution in [3.63, 3.8) is 0 Å². The number of fused-ring (bicyclic) bond motifs is 1. The Morgan fingerprint density at radius 2 is 1.85 bits per heavy atom. The van der Waals surface area contributed by atoms with Crippen LogP contribution in [0, 0.1) is 13.8 Å². The van der Waals surface area contributed by atoms with Crippen molar-refractivity contribution in [2.75, 3.05) is 26.3 Å². The zero-order chi connectivity index (χ0) is 19.0. The summed E-state index contributed by atoms with van der Waals surface area (Å²) >= 11 is 1.41. The summed E-state index contributed by atoms with van der Waals surface area (Å²) < 4.78 is 6.73. The van der Waals surface area contributed by atoms with Crippen LogP contribution in [0.3, 0.4) is 0 Å². The number of ether oxygens (including phenoxy) is 1. The van der Waals surface area contributed by atoms with Crippen molar-refractivity contribution in [2.24, 2.45) is 0 Å². The van der Waals surface area contributed by atoms with E-state index in [2.05, 4.69) is 9.97 Å². The fraction of sp³-hybridized carbons (Fsp3) is 0.368. The number of aromatic nitrogens is 3. The Morgan fingerprint density at radius 1 is 1.15 bits per heavy atom. The highest BCUT2D eigenvalue weighted by Gasteiger charge is 2.21. The number of morpholine rings is 1. The van der Waals surface area contributed by atoms with Crippen LogP contribution >= 0.6 is 11.3 Å². The van der Waals surface area contributed by atoms with Gasteiger partial charge < -0.3 is 9.64 Å². The summed E-state index contributed by atoms with van der Waals surface area (Å²) in [6, 6.07) is 7.84. The summed E-state index contributed by atoms with van der Waals surface area (Å²) in [6.07, 6.45) is 0. The molecule has 27 heavy (non-hydrogen) atoms. The summed E-state index contributed by atoms with van der Waals surface area (Å²) in [7, 11) is 0. The van der Waals surface area contributed by atoms with Crippen LogP contribution in [0.2, 0.25) is 0 Å². The number of benzene rings is 1. The Balaban J connectivity index is 1.77. The highest BCUT2D eigenvalue weighted by atomic mass is 32.1. The van der Waals surface area contributed by atoms with E-state index in [0.717, 1.165) is 16.1 Å². The van der Waals surface area contributed by atoms with Gasteiger partial charge in [0.25, 0.3) is 0 Å². The van der Waals surface area contributed by atoms with E-state index in [-0.39, 0.29) is 12.5 Å². The molecule has 1 aromatic carbocycles. The van der Waals surface area contributed by atoms with Gasteiger partial charge in [0.2, 0.25) is 5.91 Å². The number of hydrogen-bond donors (Lipinski definition) is 0. The van der Waals surface area contributed by atoms with Crippen LogP contribution in [0.5, 0.6) is 0 Å². The van der Waals surface area contributed by atoms with Crippen molar-refractivity contribution in [3.8, 4) is 11.3 Å². The Bertz CT molecular complexity index is 1050. The first-order valence-corrected chi connectivity index (χ1v) is 9.65. The van der Waals surface area contributed by atoms with Gasteiger partial charge >= 0.3 is 5.69 Å². The molecule has 2 aromatic heterocycles. The first-order chi connectivity index (χ1) is 13.0. The third-order valence-electron chi connectivity index (χ3n) is 4.61. The minimum atomic E-state index is -0.427. The lowest BCUT2D eigenvalue weighted by Crippen LogP contribution is -2.43. The van der Waals surface area contributed by atoms with Crippen LogP contribution in [0.4, 0.5) is 0 Å². The molecular formula is C19H20N4O3S. The average Bonchev–Trinajstić information content (AvgIpc) is 3.06. The monoisotopic (exact) mass is 384 g/mol. The van der Waals surface area contributed by atoms with Crippen LogP contribution in [-0.4, -0.2) is 51.6 Å². The van der Waals surface area contributed by atoms with E-state index in [1.807, 2.05) is 38.1 Å². The van der Waals surface area contributed by atoms with E-state index in [4.69, 9.17) is 4.74 Å². The van der Waals surface area contributed by atoms with Gasteiger partial charge in [-0.3, -0.25) is 9.36 Å². The van der Waals surface area contributed by atoms with Crippen LogP contribution in [0.25, 0.3) is 21.6 Å². The molecule has 0 aliphatic carbocycles. The third kappa shape index (κ3) is 3.50. The SMILES string of the molecule is Cc1ccc(-c2nc(=O)n(CC(=O)N3CCOCC3)c3sc(C)nc23)cc1. The number of thiazole rings is 1. The number of amides is 1. The van der Waals surface area contributed by atoms with Gasteiger partial charge in [-0.2, -0.15) is 4.98 Å². The number of hydrogen-bond acceptors (Lipinski definition) is 6. The van der Waals surface area contributed by atoms with Crippen LogP contribution in [0.15, 0.2) is 29.1 Å². The largest absolute Gasteiger partial charge is 0.378 e. The molecule has 8 heteroatoms. The fourth-order valence-corrected chi connectivity index (χ4v) is 4.06. The molecule has 1 amide bonds. The Morgan fingerprint density at radius 3 is 2.56 bits per heavy atom. The van der Waals surface area contributed by atoms with E-state index < -0.39 is 5.69 Å². The average molecular weight is 384 g/mol. The molecule has 3 aromatic rings. The molecule has 0 unspecified atom stereocenters. The zero-order valence-electron chi connectivity index (χ0n) is 15.3. The number of aryl methyl sites for hydroxylation is 2. The second-order valence-corrected chi connectivity index (χ2v) is 7.76. The molecule has 0 atom stereocenters. The highest BCUT2D eigenvalue weighted by Crippen LogP contribution is 2.28. The number of carbonyl (C=O) groups excluding carboxylic acids is 1. The molecular weight excluding hydrogens is 364 g/mol. The van der Waals surface area contributed by atoms with Crippen molar-refractivity contribution in [1.82, 2.24) is 19.4 Å². The zero-order valence-corrected chi connectivity index (χ0v) is 16.1. The molecule has 0 spiro atoms. The molecule has 0 N–H and O–H groups in total. The molecule has 1 aliphatic rings. The van der Waals surface area contributed by atoms with E-state index in [0.29, 0.717) is 42.3 Å². The second kappa shape index (κ2) is 7.21. The van der Waals surface area contributed by atoms with Crippen molar-refractivity contribution in [1.29, 1.82) is 0 Å². The molecule has 0 radical (unpaired) electrons. The summed E-state index contributed by atoms with van der Waals surface area (Å²) in [4.78, 5) is 36.7. The molecule has 4 rings (SSSR count). The summed E-state index contributed by atoms with van der Waals surface area (Å²) in [5, 5.41) is 0.832. The van der Waals surface area contributed by atoms with Crippen molar-refractivity contribution in [2.45, 2.75) is 20.4 Å². The van der Waals surface area contributed by atoms with Gasteiger partial charge in [-0.1, -0.05) is 29.8 Å². The minimum absolute atomic E-state index is 0.0296. The van der Waals surface area contributed by atoms with Crippen LogP contribution < -0.4 is 5.69 Å². The first-order valence-electron chi connectivity index (χ1n) is 8.83. The Hall–Kier alpha value is -2.58. The summed E-state index contributed by atoms with van der Waals surface area (Å²) in [5.41, 5.74) is 2.78. The number of carbonyl (C=O) groups is 1. The molecule has 140 valence electrons. The normalized spacial score (nSPS) is 14.7. The predicted octanol–water partition coefficient (Wildman–Crippen LogP) is 2.00. The summed E-state index contributed by atoms with van der Waals surface area (Å²) in [6.45, 7) is 6.02. The van der Waals surface area contributed by atoms with Gasteiger partial charge in [0.15, 0.2) is 0 Å². The lowest BCUT2D eigenvalue weighted by Gasteiger charge is -2.27. The Kier molecular flexibility index (Phi) is 4.75. The lowest BCUT2D eigenvalue weighted by atomic mass is 10.1. The molecule has 1 aliphatic heterocycles. The molecule has 7 nitrogen and oxygen atoms in total. The number of nitrogens with zero attached hydrogens (tertiary/aromatic N) is 4. The van der Waals surface area contributed by atoms with Gasteiger partial charge in [-0.25, -0.2) is 9.78 Å². The predicted molar refractivity (Wildman–Crippen MR) is 104 cm³/mol. The maximum absolute atomic E-state index is 12.8. The standard InChI is InChI=1S/C19H20N4O3S/c1-12-3-5-14(6-4-12)16-17-18(27-13(2)20-17)23(19(25)21-16)11-15(24)22-7-9-26-10-8-22/h3-6H,7-11H2,1-2H3. The van der Waals surface area contributed by atoms with Crippen LogP contribution in [0.1, 0.15) is 10.6 Å². The smallest absolute Gasteiger partial charge is 0.349 e. The van der Waals surface area contributed by atoms with Gasteiger partial charge in [0.05, 0.1) is 18.2 Å². The Labute approximate surface area is 160 Å². The highest BCUT2D eigenvalue weighted by molar-refractivity contribution is 7.18. The molecule has 1 saturated heterocycles. The van der Waals surface area contributed by atoms with Gasteiger partial charge in [-0.15, -0.1) is 11.3 Å². The van der Waals surface area contributed by atoms with Crippen molar-refractivity contribution >= 4 is 27.6 Å². The molecule has 1 fully saturated rings. The number of rotatable bonds is 3. The molecule has 3 heterocycles. The second-order valence-electron chi connectivity index (χ2n) is 6.57. The van der Waals surface area contributed by atoms with Gasteiger partial charge in [0.1, 0.15) is 22.6 Å². The fourth-order valence-electron chi connectivity index (χ4n) is 3.15. The first kappa shape index (κ1) is 17.8. The maximum atomic E-state index is 12.8. The van der Waals surface area contributed by atoms with E-state index in [1.165, 1.54) is 15.9 Å². The molecule has 0 saturated carbocycles. The topological polar surface area (TPSA) is 77.3 Å². The minimum Gasteiger partial charge on any atom is -0.378 e. The van der Waals surface area contributed by atoms with E-state index >= 15 is 0 Å². The lowest BCUT2D eigenvalue weighted by molar-refractivity contribution is -0.135. The van der Waals surface area contributed by atoms with Crippen molar-refractivity contribution < 1.29 is 9.53 Å². The van der Waals surface area contributed by atoms with Gasteiger partial charge in [-0.05, 0) is 13.8 Å². The van der Waals surface area contributed by atoms with Crippen LogP contribution in [-0.2, 0) is 16.1 Å². The van der Waals surface area contributed by atoms with Crippen molar-refractivity contribution in [3.05, 3.63) is 45.3 Å². The maximum Gasteiger partial charge on any atom is 0.349 e. The van der Waals surface area contributed by atoms with E-state index in [9.17, 15) is 9.59 Å². The van der Waals surface area contributed by atoms with E-state index in [1.54, 1.807) is 4.90 Å².